The van der Waals surface area contributed by atoms with E-state index in [0.29, 0.717) is 0 Å². The molecule has 2 aromatic carbocycles. The van der Waals surface area contributed by atoms with Crippen molar-refractivity contribution in [1.29, 1.82) is 0 Å². The second-order valence-corrected chi connectivity index (χ2v) is 5.20. The van der Waals surface area contributed by atoms with Crippen molar-refractivity contribution in [3.05, 3.63) is 48.0 Å². The molecule has 0 aliphatic heterocycles. The van der Waals surface area contributed by atoms with Crippen LogP contribution in [0.4, 0.5) is 0 Å². The van der Waals surface area contributed by atoms with Crippen LogP contribution in [0, 0.1) is 0 Å². The Kier molecular flexibility index (Phi) is 6.03. The average Bonchev–Trinajstić information content (AvgIpc) is 2.51. The molecule has 1 N–H and O–H groups in total. The average molecular weight is 270 g/mol. The van der Waals surface area contributed by atoms with Gasteiger partial charge in [-0.1, -0.05) is 56.3 Å². The number of hydrogen-bond acceptors (Lipinski definition) is 2. The summed E-state index contributed by atoms with van der Waals surface area (Å²) in [5.41, 5.74) is 1.39. The van der Waals surface area contributed by atoms with Gasteiger partial charge in [0.25, 0.3) is 0 Å². The Morgan fingerprint density at radius 1 is 0.950 bits per heavy atom. The first-order valence-corrected chi connectivity index (χ1v) is 7.74. The van der Waals surface area contributed by atoms with Gasteiger partial charge in [-0.3, -0.25) is 0 Å². The van der Waals surface area contributed by atoms with Crippen molar-refractivity contribution in [2.75, 3.05) is 26.2 Å². The molecule has 0 saturated carbocycles. The number of nitrogens with one attached hydrogen (secondary N) is 1. The van der Waals surface area contributed by atoms with E-state index in [1.807, 2.05) is 0 Å². The Hall–Kier alpha value is -1.38. The number of hydrogen-bond donors (Lipinski definition) is 1. The Morgan fingerprint density at radius 3 is 2.50 bits per heavy atom. The van der Waals surface area contributed by atoms with Crippen LogP contribution in [-0.4, -0.2) is 31.1 Å². The highest BCUT2D eigenvalue weighted by Gasteiger charge is 2.00. The molecule has 0 bridgehead atoms. The highest BCUT2D eigenvalue weighted by atomic mass is 15.1. The summed E-state index contributed by atoms with van der Waals surface area (Å²) in [6, 6.07) is 15.2. The first-order valence-electron chi connectivity index (χ1n) is 7.74. The van der Waals surface area contributed by atoms with Crippen molar-refractivity contribution in [2.24, 2.45) is 0 Å². The maximum Gasteiger partial charge on any atom is 0.0211 e. The lowest BCUT2D eigenvalue weighted by atomic mass is 10.0. The van der Waals surface area contributed by atoms with Crippen LogP contribution in [0.1, 0.15) is 25.8 Å². The highest BCUT2D eigenvalue weighted by molar-refractivity contribution is 5.85. The van der Waals surface area contributed by atoms with Gasteiger partial charge < -0.3 is 10.2 Å². The van der Waals surface area contributed by atoms with Gasteiger partial charge in [-0.15, -0.1) is 0 Å². The van der Waals surface area contributed by atoms with E-state index in [4.69, 9.17) is 0 Å². The lowest BCUT2D eigenvalue weighted by molar-refractivity contribution is 0.298. The van der Waals surface area contributed by atoms with Crippen molar-refractivity contribution in [3.8, 4) is 0 Å². The zero-order chi connectivity index (χ0) is 14.2. The molecule has 0 amide bonds. The first-order chi connectivity index (χ1) is 9.85. The molecule has 0 radical (unpaired) electrons. The molecule has 0 unspecified atom stereocenters. The Labute approximate surface area is 122 Å². The summed E-state index contributed by atoms with van der Waals surface area (Å²) in [6.07, 6.45) is 1.21. The van der Waals surface area contributed by atoms with E-state index < -0.39 is 0 Å². The molecular formula is C18H26N2. The molecule has 0 aliphatic rings. The monoisotopic (exact) mass is 270 g/mol. The molecule has 0 saturated heterocycles. The normalized spacial score (nSPS) is 11.3. The molecular weight excluding hydrogens is 244 g/mol. The maximum absolute atomic E-state index is 3.57. The third-order valence-electron chi connectivity index (χ3n) is 3.92. The van der Waals surface area contributed by atoms with E-state index in [2.05, 4.69) is 66.5 Å². The summed E-state index contributed by atoms with van der Waals surface area (Å²) in [7, 11) is 0. The highest BCUT2D eigenvalue weighted by Crippen LogP contribution is 2.18. The maximum atomic E-state index is 3.57. The lowest BCUT2D eigenvalue weighted by Gasteiger charge is -2.17. The Morgan fingerprint density at radius 2 is 1.70 bits per heavy atom. The molecule has 2 rings (SSSR count). The summed E-state index contributed by atoms with van der Waals surface area (Å²) in [5, 5.41) is 6.27. The number of benzene rings is 2. The smallest absolute Gasteiger partial charge is 0.0211 e. The molecule has 2 heteroatoms. The molecule has 108 valence electrons. The third kappa shape index (κ3) is 4.06. The molecule has 0 heterocycles. The predicted octanol–water partition coefficient (Wildman–Crippen LogP) is 3.66. The van der Waals surface area contributed by atoms with E-state index in [0.717, 1.165) is 26.2 Å². The van der Waals surface area contributed by atoms with Crippen molar-refractivity contribution >= 4 is 10.8 Å². The van der Waals surface area contributed by atoms with E-state index in [9.17, 15) is 0 Å². The summed E-state index contributed by atoms with van der Waals surface area (Å²) in [6.45, 7) is 9.99. The van der Waals surface area contributed by atoms with E-state index in [1.54, 1.807) is 0 Å². The van der Waals surface area contributed by atoms with Gasteiger partial charge in [0.1, 0.15) is 0 Å². The van der Waals surface area contributed by atoms with E-state index in [1.165, 1.54) is 29.3 Å². The number of rotatable bonds is 8. The summed E-state index contributed by atoms with van der Waals surface area (Å²) < 4.78 is 0. The van der Waals surface area contributed by atoms with Crippen LogP contribution in [0.3, 0.4) is 0 Å². The lowest BCUT2D eigenvalue weighted by Crippen LogP contribution is -2.27. The molecule has 2 nitrogen and oxygen atoms in total. The number of nitrogens with zero attached hydrogens (tertiary/aromatic N) is 1. The second kappa shape index (κ2) is 8.03. The van der Waals surface area contributed by atoms with Crippen LogP contribution in [0.15, 0.2) is 42.5 Å². The molecule has 20 heavy (non-hydrogen) atoms. The van der Waals surface area contributed by atoms with E-state index >= 15 is 0 Å². The van der Waals surface area contributed by atoms with Crippen LogP contribution in [0.2, 0.25) is 0 Å². The SMILES string of the molecule is CCN(CC)CCCNCc1cccc2ccccc12. The first kappa shape index (κ1) is 15.0. The van der Waals surface area contributed by atoms with Crippen molar-refractivity contribution in [2.45, 2.75) is 26.8 Å². The van der Waals surface area contributed by atoms with E-state index in [-0.39, 0.29) is 0 Å². The molecule has 0 atom stereocenters. The third-order valence-corrected chi connectivity index (χ3v) is 3.92. The van der Waals surface area contributed by atoms with Gasteiger partial charge in [0.2, 0.25) is 0 Å². The van der Waals surface area contributed by atoms with Crippen LogP contribution < -0.4 is 5.32 Å². The van der Waals surface area contributed by atoms with Crippen molar-refractivity contribution < 1.29 is 0 Å². The second-order valence-electron chi connectivity index (χ2n) is 5.20. The summed E-state index contributed by atoms with van der Waals surface area (Å²) in [5.74, 6) is 0. The fraction of sp³-hybridized carbons (Fsp3) is 0.444. The molecule has 0 fully saturated rings. The topological polar surface area (TPSA) is 15.3 Å². The zero-order valence-electron chi connectivity index (χ0n) is 12.7. The minimum atomic E-state index is 0.958. The molecule has 0 aromatic heterocycles. The predicted molar refractivity (Wildman–Crippen MR) is 88.1 cm³/mol. The summed E-state index contributed by atoms with van der Waals surface area (Å²) >= 11 is 0. The van der Waals surface area contributed by atoms with Gasteiger partial charge in [-0.25, -0.2) is 0 Å². The fourth-order valence-corrected chi connectivity index (χ4v) is 2.64. The van der Waals surface area contributed by atoms with Gasteiger partial charge >= 0.3 is 0 Å². The quantitative estimate of drug-likeness (QED) is 0.736. The van der Waals surface area contributed by atoms with Gasteiger partial charge in [-0.05, 0) is 48.9 Å². The van der Waals surface area contributed by atoms with Crippen LogP contribution in [-0.2, 0) is 6.54 Å². The molecule has 0 aliphatic carbocycles. The Bertz CT molecular complexity index is 512. The van der Waals surface area contributed by atoms with Crippen LogP contribution in [0.5, 0.6) is 0 Å². The molecule has 2 aromatic rings. The van der Waals surface area contributed by atoms with Gasteiger partial charge in [0.05, 0.1) is 0 Å². The summed E-state index contributed by atoms with van der Waals surface area (Å²) in [4.78, 5) is 2.47. The van der Waals surface area contributed by atoms with Gasteiger partial charge in [-0.2, -0.15) is 0 Å². The minimum Gasteiger partial charge on any atom is -0.313 e. The van der Waals surface area contributed by atoms with Gasteiger partial charge in [0, 0.05) is 6.54 Å². The minimum absolute atomic E-state index is 0.958. The molecule has 0 spiro atoms. The zero-order valence-corrected chi connectivity index (χ0v) is 12.7. The standard InChI is InChI=1S/C18H26N2/c1-3-20(4-2)14-8-13-19-15-17-11-7-10-16-9-5-6-12-18(16)17/h5-7,9-12,19H,3-4,8,13-15H2,1-2H3. The largest absolute Gasteiger partial charge is 0.313 e. The van der Waals surface area contributed by atoms with Gasteiger partial charge in [0.15, 0.2) is 0 Å². The van der Waals surface area contributed by atoms with Crippen molar-refractivity contribution in [3.63, 3.8) is 0 Å². The van der Waals surface area contributed by atoms with Crippen molar-refractivity contribution in [1.82, 2.24) is 10.2 Å². The number of fused-ring (bicyclic) bond motifs is 1. The van der Waals surface area contributed by atoms with Crippen LogP contribution in [0.25, 0.3) is 10.8 Å². The Balaban J connectivity index is 1.81. The van der Waals surface area contributed by atoms with Crippen LogP contribution >= 0.6 is 0 Å². The fourth-order valence-electron chi connectivity index (χ4n) is 2.64.